The van der Waals surface area contributed by atoms with E-state index in [1.165, 1.54) is 12.8 Å². The summed E-state index contributed by atoms with van der Waals surface area (Å²) >= 11 is 0. The molecule has 0 aliphatic carbocycles. The molecule has 3 N–H and O–H groups in total. The second-order valence-corrected chi connectivity index (χ2v) is 4.78. The minimum absolute atomic E-state index is 0.260. The largest absolute Gasteiger partial charge is 0.396 e. The third-order valence-electron chi connectivity index (χ3n) is 3.46. The summed E-state index contributed by atoms with van der Waals surface area (Å²) in [5.74, 6) is 2.29. The van der Waals surface area contributed by atoms with Crippen molar-refractivity contribution in [1.82, 2.24) is 9.97 Å². The highest BCUT2D eigenvalue weighted by Gasteiger charge is 2.25. The van der Waals surface area contributed by atoms with Crippen LogP contribution in [0.5, 0.6) is 0 Å². The highest BCUT2D eigenvalue weighted by atomic mass is 16.2. The number of aromatic nitrogens is 2. The lowest BCUT2D eigenvalue weighted by molar-refractivity contribution is 0.279. The fourth-order valence-electron chi connectivity index (χ4n) is 2.57. The van der Waals surface area contributed by atoms with Crippen LogP contribution in [0.4, 0.5) is 11.6 Å². The van der Waals surface area contributed by atoms with Crippen LogP contribution in [0.1, 0.15) is 38.4 Å². The zero-order valence-corrected chi connectivity index (χ0v) is 11.0. The second-order valence-electron chi connectivity index (χ2n) is 4.78. The molecule has 1 fully saturated rings. The Bertz CT molecular complexity index is 397. The van der Waals surface area contributed by atoms with Gasteiger partial charge in [0.15, 0.2) is 0 Å². The Kier molecular flexibility index (Phi) is 4.36. The molecule has 1 atom stereocenters. The van der Waals surface area contributed by atoms with E-state index >= 15 is 0 Å². The Morgan fingerprint density at radius 3 is 3.06 bits per heavy atom. The summed E-state index contributed by atoms with van der Waals surface area (Å²) in [6, 6.07) is 2.34. The summed E-state index contributed by atoms with van der Waals surface area (Å²) in [6.07, 6.45) is 5.02. The predicted molar refractivity (Wildman–Crippen MR) is 72.5 cm³/mol. The van der Waals surface area contributed by atoms with Crippen LogP contribution in [0.3, 0.4) is 0 Å². The first kappa shape index (κ1) is 13.1. The average Bonchev–Trinajstić information content (AvgIpc) is 2.83. The molecule has 0 bridgehead atoms. The Balaban J connectivity index is 2.16. The van der Waals surface area contributed by atoms with Gasteiger partial charge in [-0.2, -0.15) is 0 Å². The average molecular weight is 250 g/mol. The van der Waals surface area contributed by atoms with Crippen molar-refractivity contribution in [2.45, 2.75) is 45.1 Å². The third kappa shape index (κ3) is 2.90. The van der Waals surface area contributed by atoms with Crippen molar-refractivity contribution in [3.05, 3.63) is 11.9 Å². The third-order valence-corrected chi connectivity index (χ3v) is 3.46. The van der Waals surface area contributed by atoms with Crippen molar-refractivity contribution in [1.29, 1.82) is 0 Å². The topological polar surface area (TPSA) is 75.3 Å². The van der Waals surface area contributed by atoms with E-state index in [-0.39, 0.29) is 6.61 Å². The van der Waals surface area contributed by atoms with Gasteiger partial charge in [0.25, 0.3) is 0 Å². The van der Waals surface area contributed by atoms with Gasteiger partial charge in [0.05, 0.1) is 0 Å². The van der Waals surface area contributed by atoms with Gasteiger partial charge in [-0.25, -0.2) is 9.97 Å². The molecule has 5 nitrogen and oxygen atoms in total. The molecular weight excluding hydrogens is 228 g/mol. The highest BCUT2D eigenvalue weighted by Crippen LogP contribution is 2.27. The number of aliphatic hydroxyl groups is 1. The van der Waals surface area contributed by atoms with Crippen molar-refractivity contribution in [3.8, 4) is 0 Å². The van der Waals surface area contributed by atoms with Crippen LogP contribution in [0.15, 0.2) is 6.07 Å². The maximum absolute atomic E-state index is 8.95. The number of nitrogens with zero attached hydrogens (tertiary/aromatic N) is 3. The minimum Gasteiger partial charge on any atom is -0.396 e. The summed E-state index contributed by atoms with van der Waals surface area (Å²) in [5.41, 5.74) is 5.83. The van der Waals surface area contributed by atoms with Gasteiger partial charge in [0.2, 0.25) is 0 Å². The number of nitrogen functional groups attached to an aromatic ring is 1. The molecule has 1 saturated heterocycles. The summed E-state index contributed by atoms with van der Waals surface area (Å²) in [4.78, 5) is 11.1. The highest BCUT2D eigenvalue weighted by molar-refractivity contribution is 5.48. The molecule has 0 radical (unpaired) electrons. The molecule has 0 saturated carbocycles. The van der Waals surface area contributed by atoms with E-state index < -0.39 is 0 Å². The first-order valence-electron chi connectivity index (χ1n) is 6.75. The summed E-state index contributed by atoms with van der Waals surface area (Å²) < 4.78 is 0. The number of hydrogen-bond donors (Lipinski definition) is 2. The lowest BCUT2D eigenvalue weighted by Crippen LogP contribution is -2.30. The molecule has 1 aromatic heterocycles. The number of aliphatic hydroxyl groups excluding tert-OH is 1. The van der Waals surface area contributed by atoms with Gasteiger partial charge in [-0.15, -0.1) is 0 Å². The molecule has 1 aliphatic heterocycles. The van der Waals surface area contributed by atoms with Gasteiger partial charge in [0, 0.05) is 31.7 Å². The van der Waals surface area contributed by atoms with Crippen LogP contribution in [-0.2, 0) is 6.42 Å². The molecule has 2 heterocycles. The van der Waals surface area contributed by atoms with E-state index in [9.17, 15) is 0 Å². The molecule has 1 aromatic rings. The van der Waals surface area contributed by atoms with Crippen LogP contribution >= 0.6 is 0 Å². The summed E-state index contributed by atoms with van der Waals surface area (Å²) in [7, 11) is 0. The zero-order chi connectivity index (χ0) is 13.0. The van der Waals surface area contributed by atoms with Gasteiger partial charge in [-0.1, -0.05) is 6.92 Å². The molecule has 100 valence electrons. The quantitative estimate of drug-likeness (QED) is 0.825. The zero-order valence-electron chi connectivity index (χ0n) is 11.0. The van der Waals surface area contributed by atoms with Crippen molar-refractivity contribution < 1.29 is 5.11 Å². The van der Waals surface area contributed by atoms with Crippen LogP contribution in [-0.4, -0.2) is 34.3 Å². The minimum atomic E-state index is 0.260. The molecule has 0 aromatic carbocycles. The Hall–Kier alpha value is -1.36. The predicted octanol–water partition coefficient (Wildman–Crippen LogP) is 1.36. The number of hydrogen-bond acceptors (Lipinski definition) is 5. The Morgan fingerprint density at radius 1 is 1.50 bits per heavy atom. The molecule has 0 spiro atoms. The molecule has 18 heavy (non-hydrogen) atoms. The van der Waals surface area contributed by atoms with E-state index in [2.05, 4.69) is 14.9 Å². The molecule has 2 rings (SSSR count). The molecule has 5 heteroatoms. The Labute approximate surface area is 108 Å². The number of rotatable bonds is 5. The van der Waals surface area contributed by atoms with E-state index in [1.807, 2.05) is 13.0 Å². The number of nitrogens with two attached hydrogens (primary N) is 1. The fourth-order valence-corrected chi connectivity index (χ4v) is 2.57. The number of aryl methyl sites for hydroxylation is 1. The lowest BCUT2D eigenvalue weighted by atomic mass is 10.1. The van der Waals surface area contributed by atoms with Crippen molar-refractivity contribution in [2.75, 3.05) is 23.8 Å². The first-order valence-corrected chi connectivity index (χ1v) is 6.75. The standard InChI is InChI=1S/C13H22N4O/c1-2-12-15-11(14)9-13(16-12)17-7-3-5-10(17)6-4-8-18/h9-10,18H,2-8H2,1H3,(H2,14,15,16). The van der Waals surface area contributed by atoms with Gasteiger partial charge in [-0.3, -0.25) is 0 Å². The van der Waals surface area contributed by atoms with Gasteiger partial charge < -0.3 is 15.7 Å². The SMILES string of the molecule is CCc1nc(N)cc(N2CCCC2CCCO)n1. The lowest BCUT2D eigenvalue weighted by Gasteiger charge is -2.26. The summed E-state index contributed by atoms with van der Waals surface area (Å²) in [5, 5.41) is 8.95. The van der Waals surface area contributed by atoms with Crippen molar-refractivity contribution in [2.24, 2.45) is 0 Å². The second kappa shape index (κ2) is 6.00. The first-order chi connectivity index (χ1) is 8.74. The summed E-state index contributed by atoms with van der Waals surface area (Å²) in [6.45, 7) is 3.32. The Morgan fingerprint density at radius 2 is 2.33 bits per heavy atom. The molecule has 1 aliphatic rings. The van der Waals surface area contributed by atoms with Crippen molar-refractivity contribution >= 4 is 11.6 Å². The molecular formula is C13H22N4O. The number of anilines is 2. The fraction of sp³-hybridized carbons (Fsp3) is 0.692. The van der Waals surface area contributed by atoms with Crippen LogP contribution < -0.4 is 10.6 Å². The van der Waals surface area contributed by atoms with E-state index in [0.29, 0.717) is 11.9 Å². The maximum atomic E-state index is 8.95. The van der Waals surface area contributed by atoms with Crippen LogP contribution in [0.25, 0.3) is 0 Å². The molecule has 0 amide bonds. The van der Waals surface area contributed by atoms with Crippen molar-refractivity contribution in [3.63, 3.8) is 0 Å². The van der Waals surface area contributed by atoms with Gasteiger partial charge >= 0.3 is 0 Å². The smallest absolute Gasteiger partial charge is 0.134 e. The van der Waals surface area contributed by atoms with Crippen LogP contribution in [0, 0.1) is 0 Å². The monoisotopic (exact) mass is 250 g/mol. The van der Waals surface area contributed by atoms with E-state index in [0.717, 1.165) is 37.4 Å². The van der Waals surface area contributed by atoms with E-state index in [1.54, 1.807) is 0 Å². The molecule has 1 unspecified atom stereocenters. The van der Waals surface area contributed by atoms with Crippen LogP contribution in [0.2, 0.25) is 0 Å². The maximum Gasteiger partial charge on any atom is 0.134 e. The van der Waals surface area contributed by atoms with E-state index in [4.69, 9.17) is 10.8 Å². The normalized spacial score (nSPS) is 19.4. The van der Waals surface area contributed by atoms with Gasteiger partial charge in [-0.05, 0) is 25.7 Å². The van der Waals surface area contributed by atoms with Gasteiger partial charge in [0.1, 0.15) is 17.5 Å².